The minimum absolute atomic E-state index is 0.0450. The number of hydrogen-bond acceptors (Lipinski definition) is 7. The van der Waals surface area contributed by atoms with Gasteiger partial charge >= 0.3 is 0 Å². The second-order valence-corrected chi connectivity index (χ2v) is 8.79. The lowest BCUT2D eigenvalue weighted by Crippen LogP contribution is -2.22. The Hall–Kier alpha value is -2.71. The van der Waals surface area contributed by atoms with E-state index in [4.69, 9.17) is 0 Å². The van der Waals surface area contributed by atoms with Crippen LogP contribution in [0.4, 0.5) is 10.2 Å². The standard InChI is InChI=1S/C21H22FN5OS/c1-11-12(2)26-27-20-16(11)17-18(29-20)19(25-10-24-17)23-8-13-5-6-14(7-15(13)22)21(3,4)9-28/h5-7,10,28H,8-9H2,1-4H3,(H,23,24,25). The van der Waals surface area contributed by atoms with Gasteiger partial charge in [-0.25, -0.2) is 14.4 Å². The summed E-state index contributed by atoms with van der Waals surface area (Å²) in [5.41, 5.74) is 3.57. The molecule has 3 heterocycles. The predicted octanol–water partition coefficient (Wildman–Crippen LogP) is 4.27. The van der Waals surface area contributed by atoms with Crippen LogP contribution in [0.3, 0.4) is 0 Å². The summed E-state index contributed by atoms with van der Waals surface area (Å²) in [6.45, 7) is 7.94. The van der Waals surface area contributed by atoms with Crippen LogP contribution in [0, 0.1) is 19.7 Å². The zero-order valence-corrected chi connectivity index (χ0v) is 17.6. The molecule has 4 aromatic rings. The molecule has 0 spiro atoms. The van der Waals surface area contributed by atoms with Gasteiger partial charge in [0, 0.05) is 22.9 Å². The molecule has 0 bridgehead atoms. The van der Waals surface area contributed by atoms with Crippen LogP contribution in [0.2, 0.25) is 0 Å². The number of nitrogens with one attached hydrogen (secondary N) is 1. The van der Waals surface area contributed by atoms with Crippen LogP contribution in [0.15, 0.2) is 24.5 Å². The van der Waals surface area contributed by atoms with E-state index in [9.17, 15) is 9.50 Å². The normalized spacial score (nSPS) is 12.1. The van der Waals surface area contributed by atoms with E-state index in [0.717, 1.165) is 37.3 Å². The third-order valence-electron chi connectivity index (χ3n) is 5.34. The number of aryl methyl sites for hydroxylation is 2. The van der Waals surface area contributed by atoms with Gasteiger partial charge in [0.1, 0.15) is 22.8 Å². The van der Waals surface area contributed by atoms with Crippen molar-refractivity contribution in [3.63, 3.8) is 0 Å². The Kier molecular flexibility index (Phi) is 4.92. The van der Waals surface area contributed by atoms with Gasteiger partial charge in [-0.1, -0.05) is 26.0 Å². The van der Waals surface area contributed by atoms with E-state index in [1.165, 1.54) is 23.7 Å². The predicted molar refractivity (Wildman–Crippen MR) is 114 cm³/mol. The van der Waals surface area contributed by atoms with Crippen molar-refractivity contribution in [3.05, 3.63) is 52.7 Å². The molecule has 1 aromatic carbocycles. The summed E-state index contributed by atoms with van der Waals surface area (Å²) < 4.78 is 15.5. The number of nitrogens with zero attached hydrogens (tertiary/aromatic N) is 4. The number of benzene rings is 1. The number of aliphatic hydroxyl groups excluding tert-OH is 1. The molecule has 0 amide bonds. The van der Waals surface area contributed by atoms with E-state index in [-0.39, 0.29) is 19.0 Å². The molecule has 0 aliphatic carbocycles. The van der Waals surface area contributed by atoms with Crippen molar-refractivity contribution in [1.29, 1.82) is 0 Å². The van der Waals surface area contributed by atoms with Crippen molar-refractivity contribution in [2.24, 2.45) is 0 Å². The summed E-state index contributed by atoms with van der Waals surface area (Å²) in [7, 11) is 0. The summed E-state index contributed by atoms with van der Waals surface area (Å²) in [6.07, 6.45) is 1.51. The second-order valence-electron chi connectivity index (χ2n) is 7.79. The third-order valence-corrected chi connectivity index (χ3v) is 6.41. The summed E-state index contributed by atoms with van der Waals surface area (Å²) in [5, 5.41) is 22.2. The number of thiophene rings is 1. The van der Waals surface area contributed by atoms with Gasteiger partial charge in [0.15, 0.2) is 0 Å². The molecule has 0 atom stereocenters. The molecule has 3 aromatic heterocycles. The van der Waals surface area contributed by atoms with Crippen LogP contribution in [0.25, 0.3) is 20.4 Å². The van der Waals surface area contributed by atoms with Crippen molar-refractivity contribution in [2.75, 3.05) is 11.9 Å². The first kappa shape index (κ1) is 19.6. The average Bonchev–Trinajstić information content (AvgIpc) is 3.09. The monoisotopic (exact) mass is 411 g/mol. The summed E-state index contributed by atoms with van der Waals surface area (Å²) in [6, 6.07) is 5.09. The Bertz CT molecular complexity index is 1220. The average molecular weight is 412 g/mol. The first-order chi connectivity index (χ1) is 13.8. The Labute approximate surface area is 171 Å². The summed E-state index contributed by atoms with van der Waals surface area (Å²) >= 11 is 1.48. The highest BCUT2D eigenvalue weighted by Crippen LogP contribution is 2.36. The number of halogens is 1. The van der Waals surface area contributed by atoms with Gasteiger partial charge in [-0.2, -0.15) is 5.10 Å². The Balaban J connectivity index is 1.66. The molecule has 0 radical (unpaired) electrons. The van der Waals surface area contributed by atoms with Gasteiger partial charge in [0.2, 0.25) is 0 Å². The summed E-state index contributed by atoms with van der Waals surface area (Å²) in [5.74, 6) is 0.338. The highest BCUT2D eigenvalue weighted by Gasteiger charge is 2.21. The molecule has 0 fully saturated rings. The van der Waals surface area contributed by atoms with Crippen LogP contribution in [-0.4, -0.2) is 31.9 Å². The zero-order chi connectivity index (χ0) is 20.8. The van der Waals surface area contributed by atoms with Gasteiger partial charge in [-0.3, -0.25) is 0 Å². The molecule has 2 N–H and O–H groups in total. The molecular weight excluding hydrogens is 389 g/mol. The van der Waals surface area contributed by atoms with E-state index in [2.05, 4.69) is 25.5 Å². The molecule has 0 aliphatic heterocycles. The Morgan fingerprint density at radius 1 is 1.17 bits per heavy atom. The van der Waals surface area contributed by atoms with Gasteiger partial charge in [0.05, 0.1) is 22.5 Å². The van der Waals surface area contributed by atoms with E-state index in [1.807, 2.05) is 33.8 Å². The number of aromatic nitrogens is 4. The Morgan fingerprint density at radius 3 is 2.69 bits per heavy atom. The fraction of sp³-hybridized carbons (Fsp3) is 0.333. The zero-order valence-electron chi connectivity index (χ0n) is 16.7. The first-order valence-corrected chi connectivity index (χ1v) is 10.1. The highest BCUT2D eigenvalue weighted by atomic mass is 32.1. The van der Waals surface area contributed by atoms with Crippen molar-refractivity contribution in [3.8, 4) is 0 Å². The maximum Gasteiger partial charge on any atom is 0.149 e. The molecule has 4 rings (SSSR count). The summed E-state index contributed by atoms with van der Waals surface area (Å²) in [4.78, 5) is 9.61. The van der Waals surface area contributed by atoms with E-state index in [0.29, 0.717) is 11.4 Å². The lowest BCUT2D eigenvalue weighted by atomic mass is 9.85. The SMILES string of the molecule is Cc1nnc2sc3c(NCc4ccc(C(C)(C)CO)cc4F)ncnc3c2c1C. The minimum Gasteiger partial charge on any atom is -0.395 e. The van der Waals surface area contributed by atoms with Gasteiger partial charge in [-0.05, 0) is 31.0 Å². The van der Waals surface area contributed by atoms with Crippen LogP contribution in [-0.2, 0) is 12.0 Å². The minimum atomic E-state index is -0.486. The second kappa shape index (κ2) is 7.27. The quantitative estimate of drug-likeness (QED) is 0.510. The molecule has 6 nitrogen and oxygen atoms in total. The Morgan fingerprint density at radius 2 is 1.97 bits per heavy atom. The van der Waals surface area contributed by atoms with Crippen LogP contribution < -0.4 is 5.32 Å². The van der Waals surface area contributed by atoms with Gasteiger partial charge in [0.25, 0.3) is 0 Å². The molecule has 0 unspecified atom stereocenters. The molecule has 0 aliphatic rings. The number of aliphatic hydroxyl groups is 1. The molecule has 8 heteroatoms. The van der Waals surface area contributed by atoms with E-state index < -0.39 is 5.41 Å². The van der Waals surface area contributed by atoms with Crippen molar-refractivity contribution >= 4 is 37.6 Å². The topological polar surface area (TPSA) is 83.8 Å². The fourth-order valence-electron chi connectivity index (χ4n) is 3.19. The smallest absolute Gasteiger partial charge is 0.149 e. The van der Waals surface area contributed by atoms with Crippen LogP contribution >= 0.6 is 11.3 Å². The molecule has 29 heavy (non-hydrogen) atoms. The van der Waals surface area contributed by atoms with Crippen molar-refractivity contribution in [1.82, 2.24) is 20.2 Å². The lowest BCUT2D eigenvalue weighted by molar-refractivity contribution is 0.218. The molecule has 0 saturated carbocycles. The maximum absolute atomic E-state index is 14.6. The molecule has 150 valence electrons. The van der Waals surface area contributed by atoms with Crippen LogP contribution in [0.5, 0.6) is 0 Å². The van der Waals surface area contributed by atoms with E-state index in [1.54, 1.807) is 6.07 Å². The van der Waals surface area contributed by atoms with Crippen LogP contribution in [0.1, 0.15) is 36.2 Å². The maximum atomic E-state index is 14.6. The number of rotatable bonds is 5. The molecule has 0 saturated heterocycles. The number of fused-ring (bicyclic) bond motifs is 3. The number of hydrogen-bond donors (Lipinski definition) is 2. The van der Waals surface area contributed by atoms with Crippen molar-refractivity contribution < 1.29 is 9.50 Å². The van der Waals surface area contributed by atoms with Gasteiger partial charge < -0.3 is 10.4 Å². The largest absolute Gasteiger partial charge is 0.395 e. The number of anilines is 1. The van der Waals surface area contributed by atoms with Crippen molar-refractivity contribution in [2.45, 2.75) is 39.7 Å². The van der Waals surface area contributed by atoms with E-state index >= 15 is 0 Å². The highest BCUT2D eigenvalue weighted by molar-refractivity contribution is 7.25. The first-order valence-electron chi connectivity index (χ1n) is 9.32. The van der Waals surface area contributed by atoms with Gasteiger partial charge in [-0.15, -0.1) is 16.4 Å². The molecular formula is C21H22FN5OS. The lowest BCUT2D eigenvalue weighted by Gasteiger charge is -2.22. The fourth-order valence-corrected chi connectivity index (χ4v) is 4.29. The third kappa shape index (κ3) is 3.42.